The van der Waals surface area contributed by atoms with Gasteiger partial charge in [0.15, 0.2) is 0 Å². The molecule has 1 N–H and O–H groups in total. The fourth-order valence-electron chi connectivity index (χ4n) is 3.85. The summed E-state index contributed by atoms with van der Waals surface area (Å²) in [5.74, 6) is 0.905. The van der Waals surface area contributed by atoms with E-state index in [1.165, 1.54) is 71.1 Å². The average molecular weight is 266 g/mol. The van der Waals surface area contributed by atoms with Crippen LogP contribution in [-0.2, 0) is 0 Å². The van der Waals surface area contributed by atoms with Gasteiger partial charge in [0.05, 0.1) is 0 Å². The van der Waals surface area contributed by atoms with Crippen LogP contribution in [0.5, 0.6) is 0 Å². The summed E-state index contributed by atoms with van der Waals surface area (Å²) in [6.07, 6.45) is 9.91. The monoisotopic (exact) mass is 266 g/mol. The summed E-state index contributed by atoms with van der Waals surface area (Å²) in [6.45, 7) is 12.4. The largest absolute Gasteiger partial charge is 0.315 e. The molecule has 0 spiro atoms. The zero-order valence-corrected chi connectivity index (χ0v) is 13.4. The molecule has 0 bridgehead atoms. The lowest BCUT2D eigenvalue weighted by Crippen LogP contribution is -2.41. The summed E-state index contributed by atoms with van der Waals surface area (Å²) in [4.78, 5) is 2.80. The third kappa shape index (κ3) is 4.75. The van der Waals surface area contributed by atoms with Gasteiger partial charge >= 0.3 is 0 Å². The van der Waals surface area contributed by atoms with Crippen LogP contribution in [0.4, 0.5) is 0 Å². The molecule has 2 saturated heterocycles. The van der Waals surface area contributed by atoms with Crippen LogP contribution in [0.1, 0.15) is 65.7 Å². The van der Waals surface area contributed by atoms with Crippen molar-refractivity contribution in [2.75, 3.05) is 26.2 Å². The molecule has 0 aromatic heterocycles. The highest BCUT2D eigenvalue weighted by atomic mass is 15.2. The van der Waals surface area contributed by atoms with E-state index in [1.807, 2.05) is 0 Å². The predicted octanol–water partition coefficient (Wildman–Crippen LogP) is 3.67. The molecular weight excluding hydrogens is 232 g/mol. The van der Waals surface area contributed by atoms with Gasteiger partial charge in [-0.15, -0.1) is 0 Å². The van der Waals surface area contributed by atoms with Crippen molar-refractivity contribution in [3.05, 3.63) is 0 Å². The Morgan fingerprint density at radius 3 is 2.47 bits per heavy atom. The predicted molar refractivity (Wildman–Crippen MR) is 83.5 cm³/mol. The lowest BCUT2D eigenvalue weighted by molar-refractivity contribution is 0.134. The maximum Gasteiger partial charge on any atom is 0.0220 e. The molecule has 19 heavy (non-hydrogen) atoms. The van der Waals surface area contributed by atoms with Crippen LogP contribution < -0.4 is 5.32 Å². The zero-order valence-electron chi connectivity index (χ0n) is 13.4. The van der Waals surface area contributed by atoms with Crippen molar-refractivity contribution < 1.29 is 0 Å². The van der Waals surface area contributed by atoms with Crippen molar-refractivity contribution in [3.63, 3.8) is 0 Å². The van der Waals surface area contributed by atoms with E-state index >= 15 is 0 Å². The van der Waals surface area contributed by atoms with Gasteiger partial charge in [-0.25, -0.2) is 0 Å². The van der Waals surface area contributed by atoms with Gasteiger partial charge in [-0.05, 0) is 56.7 Å². The Bertz CT molecular complexity index is 256. The number of nitrogens with one attached hydrogen (secondary N) is 1. The van der Waals surface area contributed by atoms with Crippen molar-refractivity contribution in [2.45, 2.75) is 71.8 Å². The van der Waals surface area contributed by atoms with Crippen molar-refractivity contribution >= 4 is 0 Å². The van der Waals surface area contributed by atoms with Crippen LogP contribution in [0.25, 0.3) is 0 Å². The van der Waals surface area contributed by atoms with Crippen LogP contribution in [0.2, 0.25) is 0 Å². The minimum absolute atomic E-state index is 0.485. The van der Waals surface area contributed by atoms with Crippen LogP contribution in [0.3, 0.4) is 0 Å². The van der Waals surface area contributed by atoms with Crippen molar-refractivity contribution in [2.24, 2.45) is 11.3 Å². The minimum atomic E-state index is 0.485. The van der Waals surface area contributed by atoms with Crippen molar-refractivity contribution in [1.29, 1.82) is 0 Å². The number of rotatable bonds is 0. The minimum Gasteiger partial charge on any atom is -0.315 e. The second kappa shape index (κ2) is 7.08. The molecule has 0 aromatic rings. The lowest BCUT2D eigenvalue weighted by atomic mass is 9.75. The molecule has 0 radical (unpaired) electrons. The van der Waals surface area contributed by atoms with E-state index < -0.39 is 0 Å². The Balaban J connectivity index is 1.98. The van der Waals surface area contributed by atoms with Crippen LogP contribution >= 0.6 is 0 Å². The summed E-state index contributed by atoms with van der Waals surface area (Å²) >= 11 is 0. The highest BCUT2D eigenvalue weighted by Crippen LogP contribution is 2.34. The van der Waals surface area contributed by atoms with E-state index in [0.717, 1.165) is 12.0 Å². The third-order valence-electron chi connectivity index (χ3n) is 5.27. The Labute approximate surface area is 120 Å². The molecule has 2 atom stereocenters. The normalized spacial score (nSPS) is 32.4. The molecule has 2 unspecified atom stereocenters. The highest BCUT2D eigenvalue weighted by Gasteiger charge is 2.27. The molecule has 2 aliphatic heterocycles. The second-order valence-corrected chi connectivity index (χ2v) is 7.74. The quantitative estimate of drug-likeness (QED) is 0.720. The summed E-state index contributed by atoms with van der Waals surface area (Å²) in [7, 11) is 0. The summed E-state index contributed by atoms with van der Waals surface area (Å²) in [5.41, 5.74) is 0.485. The molecule has 112 valence electrons. The van der Waals surface area contributed by atoms with Crippen molar-refractivity contribution in [1.82, 2.24) is 10.2 Å². The number of hydrogen-bond donors (Lipinski definition) is 1. The molecule has 2 aliphatic rings. The van der Waals surface area contributed by atoms with Crippen LogP contribution in [0, 0.1) is 11.3 Å². The van der Waals surface area contributed by atoms with Gasteiger partial charge in [0.1, 0.15) is 0 Å². The fraction of sp³-hybridized carbons (Fsp3) is 1.00. The van der Waals surface area contributed by atoms with Gasteiger partial charge in [-0.2, -0.15) is 0 Å². The molecule has 0 amide bonds. The van der Waals surface area contributed by atoms with E-state index in [9.17, 15) is 0 Å². The van der Waals surface area contributed by atoms with E-state index in [1.54, 1.807) is 0 Å². The first-order chi connectivity index (χ1) is 9.07. The highest BCUT2D eigenvalue weighted by molar-refractivity contribution is 4.82. The molecule has 2 rings (SSSR count). The third-order valence-corrected chi connectivity index (χ3v) is 5.27. The first-order valence-corrected chi connectivity index (χ1v) is 8.52. The van der Waals surface area contributed by atoms with Crippen LogP contribution in [0.15, 0.2) is 0 Å². The van der Waals surface area contributed by atoms with Gasteiger partial charge in [0, 0.05) is 12.6 Å². The van der Waals surface area contributed by atoms with Gasteiger partial charge in [0.25, 0.3) is 0 Å². The van der Waals surface area contributed by atoms with E-state index in [2.05, 4.69) is 31.0 Å². The molecular formula is C17H34N2. The maximum absolute atomic E-state index is 3.63. The molecule has 2 nitrogen and oxygen atoms in total. The first-order valence-electron chi connectivity index (χ1n) is 8.52. The first kappa shape index (κ1) is 15.3. The topological polar surface area (TPSA) is 15.3 Å². The zero-order chi connectivity index (χ0) is 13.7. The van der Waals surface area contributed by atoms with Gasteiger partial charge in [-0.1, -0.05) is 40.0 Å². The van der Waals surface area contributed by atoms with Gasteiger partial charge in [-0.3, -0.25) is 4.90 Å². The van der Waals surface area contributed by atoms with Crippen molar-refractivity contribution in [3.8, 4) is 0 Å². The standard InChI is InChI=1S/C17H34N2/c1-17(2,3)15-8-5-4-6-9-16-14-18-11-7-12-19(16)13-10-15/h15-16,18H,4-14H2,1-3H3. The Hall–Kier alpha value is -0.0800. The van der Waals surface area contributed by atoms with E-state index in [0.29, 0.717) is 5.41 Å². The SMILES string of the molecule is CC(C)(C)C1CCCCCC2CNCCCN2CC1. The fourth-order valence-corrected chi connectivity index (χ4v) is 3.85. The Kier molecular flexibility index (Phi) is 5.70. The van der Waals surface area contributed by atoms with E-state index in [4.69, 9.17) is 0 Å². The number of nitrogens with zero attached hydrogens (tertiary/aromatic N) is 1. The van der Waals surface area contributed by atoms with Crippen LogP contribution in [-0.4, -0.2) is 37.1 Å². The molecule has 0 aliphatic carbocycles. The molecule has 2 heterocycles. The van der Waals surface area contributed by atoms with Gasteiger partial charge < -0.3 is 5.32 Å². The lowest BCUT2D eigenvalue weighted by Gasteiger charge is -2.36. The Morgan fingerprint density at radius 1 is 0.895 bits per heavy atom. The van der Waals surface area contributed by atoms with Gasteiger partial charge in [0.2, 0.25) is 0 Å². The summed E-state index contributed by atoms with van der Waals surface area (Å²) in [5, 5.41) is 3.63. The molecule has 2 heteroatoms. The summed E-state index contributed by atoms with van der Waals surface area (Å²) in [6, 6.07) is 0.807. The number of fused-ring (bicyclic) bond motifs is 1. The maximum atomic E-state index is 3.63. The van der Waals surface area contributed by atoms with E-state index in [-0.39, 0.29) is 0 Å². The second-order valence-electron chi connectivity index (χ2n) is 7.74. The molecule has 0 aromatic carbocycles. The number of hydrogen-bond acceptors (Lipinski definition) is 2. The smallest absolute Gasteiger partial charge is 0.0220 e. The Morgan fingerprint density at radius 2 is 1.68 bits per heavy atom. The molecule has 2 fully saturated rings. The summed E-state index contributed by atoms with van der Waals surface area (Å²) < 4.78 is 0. The average Bonchev–Trinajstić information content (AvgIpc) is 2.57. The molecule has 0 saturated carbocycles.